The van der Waals surface area contributed by atoms with E-state index in [1.807, 2.05) is 0 Å². The van der Waals surface area contributed by atoms with Gasteiger partial charge >= 0.3 is 0 Å². The van der Waals surface area contributed by atoms with Crippen molar-refractivity contribution >= 4 is 27.8 Å². The number of rotatable bonds is 2. The van der Waals surface area contributed by atoms with Crippen LogP contribution in [0.25, 0.3) is 27.8 Å². The SMILES string of the molecule is CC(C)Cc1nc2oc3c(ncn4nnnc34)c2c2c1CCC2. The molecule has 116 valence electrons. The van der Waals surface area contributed by atoms with Crippen LogP contribution in [0.1, 0.15) is 37.1 Å². The van der Waals surface area contributed by atoms with Crippen molar-refractivity contribution in [2.45, 2.75) is 39.5 Å². The van der Waals surface area contributed by atoms with Gasteiger partial charge < -0.3 is 4.42 Å². The van der Waals surface area contributed by atoms with Crippen LogP contribution in [-0.2, 0) is 19.3 Å². The lowest BCUT2D eigenvalue weighted by molar-refractivity contribution is 0.616. The Morgan fingerprint density at radius 3 is 3.00 bits per heavy atom. The number of hydrogen-bond donors (Lipinski definition) is 0. The first kappa shape index (κ1) is 12.9. The largest absolute Gasteiger partial charge is 0.432 e. The highest BCUT2D eigenvalue weighted by atomic mass is 16.3. The maximum Gasteiger partial charge on any atom is 0.229 e. The number of tetrazole rings is 1. The number of pyridine rings is 1. The molecule has 0 saturated carbocycles. The molecule has 1 aliphatic carbocycles. The molecule has 0 aromatic carbocycles. The van der Waals surface area contributed by atoms with Crippen molar-refractivity contribution in [2.75, 3.05) is 0 Å². The average Bonchev–Trinajstić information content (AvgIpc) is 3.22. The summed E-state index contributed by atoms with van der Waals surface area (Å²) in [5.74, 6) is 0.569. The van der Waals surface area contributed by atoms with E-state index in [9.17, 15) is 0 Å². The van der Waals surface area contributed by atoms with Crippen LogP contribution < -0.4 is 0 Å². The van der Waals surface area contributed by atoms with Crippen LogP contribution in [0, 0.1) is 5.92 Å². The molecule has 7 nitrogen and oxygen atoms in total. The molecule has 0 N–H and O–H groups in total. The van der Waals surface area contributed by atoms with Gasteiger partial charge in [0.25, 0.3) is 0 Å². The quantitative estimate of drug-likeness (QED) is 0.566. The zero-order valence-electron chi connectivity index (χ0n) is 13.1. The van der Waals surface area contributed by atoms with Crippen LogP contribution in [0.3, 0.4) is 0 Å². The van der Waals surface area contributed by atoms with E-state index in [2.05, 4.69) is 34.4 Å². The van der Waals surface area contributed by atoms with E-state index in [4.69, 9.17) is 9.40 Å². The van der Waals surface area contributed by atoms with E-state index in [0.717, 1.165) is 30.2 Å². The predicted molar refractivity (Wildman–Crippen MR) is 84.2 cm³/mol. The van der Waals surface area contributed by atoms with Gasteiger partial charge in [0.15, 0.2) is 0 Å². The normalized spacial score (nSPS) is 14.6. The van der Waals surface area contributed by atoms with Gasteiger partial charge in [-0.15, -0.1) is 5.10 Å². The predicted octanol–water partition coefficient (Wildman–Crippen LogP) is 2.50. The van der Waals surface area contributed by atoms with Gasteiger partial charge in [0.05, 0.1) is 5.39 Å². The number of aromatic nitrogens is 6. The van der Waals surface area contributed by atoms with Crippen LogP contribution in [-0.4, -0.2) is 30.0 Å². The minimum absolute atomic E-state index is 0.569. The van der Waals surface area contributed by atoms with Crippen LogP contribution in [0.15, 0.2) is 10.7 Å². The van der Waals surface area contributed by atoms with E-state index in [1.54, 1.807) is 6.33 Å². The maximum atomic E-state index is 6.03. The molecule has 5 rings (SSSR count). The lowest BCUT2D eigenvalue weighted by atomic mass is 9.99. The summed E-state index contributed by atoms with van der Waals surface area (Å²) in [6.45, 7) is 4.44. The molecule has 0 bridgehead atoms. The Morgan fingerprint density at radius 1 is 1.26 bits per heavy atom. The van der Waals surface area contributed by atoms with Gasteiger partial charge in [0.2, 0.25) is 16.9 Å². The van der Waals surface area contributed by atoms with Gasteiger partial charge in [-0.1, -0.05) is 13.8 Å². The second-order valence-electron chi connectivity index (χ2n) is 6.62. The third kappa shape index (κ3) is 1.73. The van der Waals surface area contributed by atoms with Crippen LogP contribution in [0.5, 0.6) is 0 Å². The monoisotopic (exact) mass is 308 g/mol. The molecule has 0 fully saturated rings. The minimum atomic E-state index is 0.569. The molecule has 0 saturated heterocycles. The molecule has 4 aromatic heterocycles. The van der Waals surface area contributed by atoms with Crippen molar-refractivity contribution in [3.05, 3.63) is 23.1 Å². The Kier molecular flexibility index (Phi) is 2.51. The molecule has 0 atom stereocenters. The summed E-state index contributed by atoms with van der Waals surface area (Å²) in [7, 11) is 0. The zero-order valence-corrected chi connectivity index (χ0v) is 13.1. The zero-order chi connectivity index (χ0) is 15.6. The van der Waals surface area contributed by atoms with Crippen LogP contribution >= 0.6 is 0 Å². The van der Waals surface area contributed by atoms with Gasteiger partial charge in [-0.25, -0.2) is 9.97 Å². The number of fused-ring (bicyclic) bond motifs is 7. The molecular weight excluding hydrogens is 292 g/mol. The van der Waals surface area contributed by atoms with Crippen LogP contribution in [0.2, 0.25) is 0 Å². The molecule has 7 heteroatoms. The number of nitrogens with zero attached hydrogens (tertiary/aromatic N) is 6. The van der Waals surface area contributed by atoms with Gasteiger partial charge in [0.1, 0.15) is 11.8 Å². The van der Waals surface area contributed by atoms with Gasteiger partial charge in [0, 0.05) is 5.69 Å². The summed E-state index contributed by atoms with van der Waals surface area (Å²) in [5.41, 5.74) is 6.63. The first-order chi connectivity index (χ1) is 11.2. The topological polar surface area (TPSA) is 82.0 Å². The van der Waals surface area contributed by atoms with Crippen molar-refractivity contribution in [3.63, 3.8) is 0 Å². The molecular formula is C16H16N6O. The lowest BCUT2D eigenvalue weighted by Crippen LogP contribution is -2.03. The van der Waals surface area contributed by atoms with E-state index < -0.39 is 0 Å². The van der Waals surface area contributed by atoms with Crippen molar-refractivity contribution in [1.82, 2.24) is 30.0 Å². The highest BCUT2D eigenvalue weighted by molar-refractivity contribution is 6.07. The first-order valence-electron chi connectivity index (χ1n) is 8.02. The Morgan fingerprint density at radius 2 is 2.13 bits per heavy atom. The Balaban J connectivity index is 1.91. The first-order valence-corrected chi connectivity index (χ1v) is 8.02. The van der Waals surface area contributed by atoms with E-state index >= 15 is 0 Å². The number of hydrogen-bond acceptors (Lipinski definition) is 6. The Labute approximate surface area is 131 Å². The second-order valence-corrected chi connectivity index (χ2v) is 6.62. The fourth-order valence-electron chi connectivity index (χ4n) is 3.65. The van der Waals surface area contributed by atoms with Gasteiger partial charge in [-0.05, 0) is 53.2 Å². The second kappa shape index (κ2) is 4.47. The maximum absolute atomic E-state index is 6.03. The van der Waals surface area contributed by atoms with E-state index in [1.165, 1.54) is 27.8 Å². The molecule has 0 unspecified atom stereocenters. The van der Waals surface area contributed by atoms with Crippen molar-refractivity contribution in [1.29, 1.82) is 0 Å². The summed E-state index contributed by atoms with van der Waals surface area (Å²) in [5, 5.41) is 12.7. The molecule has 0 aliphatic heterocycles. The van der Waals surface area contributed by atoms with E-state index in [-0.39, 0.29) is 0 Å². The summed E-state index contributed by atoms with van der Waals surface area (Å²) < 4.78 is 7.56. The third-order valence-corrected chi connectivity index (χ3v) is 4.56. The van der Waals surface area contributed by atoms with E-state index in [0.29, 0.717) is 22.9 Å². The van der Waals surface area contributed by atoms with Crippen molar-refractivity contribution in [3.8, 4) is 0 Å². The van der Waals surface area contributed by atoms with Gasteiger partial charge in [-0.2, -0.15) is 4.52 Å². The molecule has 4 heterocycles. The minimum Gasteiger partial charge on any atom is -0.432 e. The Hall–Kier alpha value is -2.57. The summed E-state index contributed by atoms with van der Waals surface area (Å²) >= 11 is 0. The highest BCUT2D eigenvalue weighted by Gasteiger charge is 2.25. The molecule has 0 radical (unpaired) electrons. The lowest BCUT2D eigenvalue weighted by Gasteiger charge is -2.10. The van der Waals surface area contributed by atoms with Gasteiger partial charge in [-0.3, -0.25) is 0 Å². The fourth-order valence-corrected chi connectivity index (χ4v) is 3.65. The molecule has 0 spiro atoms. The highest BCUT2D eigenvalue weighted by Crippen LogP contribution is 2.37. The Bertz CT molecular complexity index is 1060. The molecule has 23 heavy (non-hydrogen) atoms. The standard InChI is InChI=1S/C16H16N6O/c1-8(2)6-11-9-4-3-5-10(9)12-13-14(23-16(12)18-11)15-19-20-21-22(15)7-17-13/h7-8H,3-6H2,1-2H3. The smallest absolute Gasteiger partial charge is 0.229 e. The molecule has 4 aromatic rings. The fraction of sp³-hybridized carbons (Fsp3) is 0.438. The number of furan rings is 1. The molecule has 0 amide bonds. The van der Waals surface area contributed by atoms with Crippen molar-refractivity contribution in [2.24, 2.45) is 5.92 Å². The third-order valence-electron chi connectivity index (χ3n) is 4.56. The summed E-state index contributed by atoms with van der Waals surface area (Å²) in [6, 6.07) is 0. The average molecular weight is 308 g/mol. The summed E-state index contributed by atoms with van der Waals surface area (Å²) in [6.07, 6.45) is 5.94. The summed E-state index contributed by atoms with van der Waals surface area (Å²) in [4.78, 5) is 9.36. The van der Waals surface area contributed by atoms with Crippen LogP contribution in [0.4, 0.5) is 0 Å². The van der Waals surface area contributed by atoms with Crippen molar-refractivity contribution < 1.29 is 4.42 Å². The molecule has 1 aliphatic rings. The number of aryl methyl sites for hydroxylation is 1.